The highest BCUT2D eigenvalue weighted by molar-refractivity contribution is 7.91. The first-order chi connectivity index (χ1) is 8.39. The van der Waals surface area contributed by atoms with E-state index in [-0.39, 0.29) is 35.9 Å². The Hall–Kier alpha value is -1.76. The van der Waals surface area contributed by atoms with Gasteiger partial charge < -0.3 is 15.1 Å². The lowest BCUT2D eigenvalue weighted by molar-refractivity contribution is 0.0697. The number of aromatic carboxylic acids is 1. The molecule has 0 bridgehead atoms. The van der Waals surface area contributed by atoms with Crippen LogP contribution in [0.4, 0.5) is 5.69 Å². The lowest BCUT2D eigenvalue weighted by Crippen LogP contribution is -2.40. The number of rotatable bonds is 2. The quantitative estimate of drug-likeness (QED) is 0.804. The first kappa shape index (κ1) is 12.7. The molecule has 2 N–H and O–H groups in total. The molecule has 7 heteroatoms. The van der Waals surface area contributed by atoms with Gasteiger partial charge in [0.25, 0.3) is 0 Å². The van der Waals surface area contributed by atoms with E-state index in [2.05, 4.69) is 0 Å². The Morgan fingerprint density at radius 3 is 2.39 bits per heavy atom. The van der Waals surface area contributed by atoms with Crippen molar-refractivity contribution in [1.29, 1.82) is 0 Å². The summed E-state index contributed by atoms with van der Waals surface area (Å²) in [5, 5.41) is 18.5. The summed E-state index contributed by atoms with van der Waals surface area (Å²) in [5.41, 5.74) is 0.421. The van der Waals surface area contributed by atoms with E-state index in [0.717, 1.165) is 0 Å². The molecule has 0 spiro atoms. The summed E-state index contributed by atoms with van der Waals surface area (Å²) in [7, 11) is -3.02. The van der Waals surface area contributed by atoms with Crippen LogP contribution in [0.5, 0.6) is 5.75 Å². The highest BCUT2D eigenvalue weighted by Gasteiger charge is 2.24. The molecule has 98 valence electrons. The number of hydrogen-bond acceptors (Lipinski definition) is 5. The van der Waals surface area contributed by atoms with E-state index in [9.17, 15) is 18.3 Å². The number of anilines is 1. The molecular weight excluding hydrogens is 258 g/mol. The van der Waals surface area contributed by atoms with Crippen LogP contribution >= 0.6 is 0 Å². The van der Waals surface area contributed by atoms with Gasteiger partial charge in [-0.1, -0.05) is 0 Å². The Morgan fingerprint density at radius 1 is 1.22 bits per heavy atom. The summed E-state index contributed by atoms with van der Waals surface area (Å²) < 4.78 is 22.6. The summed E-state index contributed by atoms with van der Waals surface area (Å²) in [6, 6.07) is 3.96. The number of phenolic OH excluding ortho intramolecular Hbond substituents is 1. The van der Waals surface area contributed by atoms with Gasteiger partial charge in [-0.2, -0.15) is 0 Å². The Labute approximate surface area is 104 Å². The minimum absolute atomic E-state index is 0.00170. The van der Waals surface area contributed by atoms with Crippen molar-refractivity contribution in [3.63, 3.8) is 0 Å². The largest absolute Gasteiger partial charge is 0.508 e. The van der Waals surface area contributed by atoms with Gasteiger partial charge in [-0.05, 0) is 12.1 Å². The Bertz CT molecular complexity index is 567. The van der Waals surface area contributed by atoms with Crippen LogP contribution in [0, 0.1) is 0 Å². The highest BCUT2D eigenvalue weighted by Crippen LogP contribution is 2.26. The second-order valence-corrected chi connectivity index (χ2v) is 6.45. The molecule has 1 aliphatic rings. The van der Waals surface area contributed by atoms with Crippen molar-refractivity contribution in [2.75, 3.05) is 29.5 Å². The van der Waals surface area contributed by atoms with Crippen LogP contribution in [0.3, 0.4) is 0 Å². The molecule has 0 radical (unpaired) electrons. The minimum atomic E-state index is -3.02. The lowest BCUT2D eigenvalue weighted by atomic mass is 10.1. The maximum Gasteiger partial charge on any atom is 0.337 e. The van der Waals surface area contributed by atoms with Gasteiger partial charge in [0.2, 0.25) is 0 Å². The first-order valence-electron chi connectivity index (χ1n) is 5.41. The zero-order valence-corrected chi connectivity index (χ0v) is 10.4. The molecule has 1 aromatic carbocycles. The number of carboxylic acid groups (broad SMARTS) is 1. The van der Waals surface area contributed by atoms with E-state index in [4.69, 9.17) is 5.11 Å². The van der Waals surface area contributed by atoms with Crippen molar-refractivity contribution in [1.82, 2.24) is 0 Å². The number of hydrogen-bond donors (Lipinski definition) is 2. The maximum absolute atomic E-state index is 11.3. The molecule has 6 nitrogen and oxygen atoms in total. The van der Waals surface area contributed by atoms with Crippen molar-refractivity contribution < 1.29 is 23.4 Å². The fraction of sp³-hybridized carbons (Fsp3) is 0.364. The number of nitrogens with zero attached hydrogens (tertiary/aromatic N) is 1. The maximum atomic E-state index is 11.3. The molecule has 18 heavy (non-hydrogen) atoms. The summed E-state index contributed by atoms with van der Waals surface area (Å²) in [5.74, 6) is -1.13. The zero-order chi connectivity index (χ0) is 13.3. The van der Waals surface area contributed by atoms with E-state index in [1.165, 1.54) is 18.2 Å². The van der Waals surface area contributed by atoms with E-state index in [0.29, 0.717) is 5.69 Å². The van der Waals surface area contributed by atoms with Crippen LogP contribution in [-0.4, -0.2) is 49.2 Å². The average Bonchev–Trinajstić information content (AvgIpc) is 2.28. The van der Waals surface area contributed by atoms with Crippen molar-refractivity contribution in [2.45, 2.75) is 0 Å². The molecule has 1 heterocycles. The molecule has 1 fully saturated rings. The standard InChI is InChI=1S/C11H13NO5S/c13-8-1-2-9(11(14)15)10(7-8)12-3-5-18(16,17)6-4-12/h1-2,7,13H,3-6H2,(H,14,15). The first-order valence-corrected chi connectivity index (χ1v) is 7.23. The average molecular weight is 271 g/mol. The Balaban J connectivity index is 2.33. The Morgan fingerprint density at radius 2 is 1.83 bits per heavy atom. The smallest absolute Gasteiger partial charge is 0.337 e. The fourth-order valence-electron chi connectivity index (χ4n) is 1.92. The van der Waals surface area contributed by atoms with Gasteiger partial charge >= 0.3 is 5.97 Å². The molecule has 0 amide bonds. The van der Waals surface area contributed by atoms with E-state index >= 15 is 0 Å². The van der Waals surface area contributed by atoms with Gasteiger partial charge in [0.1, 0.15) is 5.75 Å². The van der Waals surface area contributed by atoms with Gasteiger partial charge in [-0.3, -0.25) is 0 Å². The number of phenols is 1. The molecular formula is C11H13NO5S. The van der Waals surface area contributed by atoms with E-state index in [1.807, 2.05) is 0 Å². The normalized spacial score (nSPS) is 18.6. The van der Waals surface area contributed by atoms with Crippen LogP contribution in [0.1, 0.15) is 10.4 Å². The van der Waals surface area contributed by atoms with Gasteiger partial charge in [0.15, 0.2) is 9.84 Å². The molecule has 0 aliphatic carbocycles. The number of benzene rings is 1. The Kier molecular flexibility index (Phi) is 3.16. The highest BCUT2D eigenvalue weighted by atomic mass is 32.2. The topological polar surface area (TPSA) is 94.9 Å². The van der Waals surface area contributed by atoms with Crippen molar-refractivity contribution in [3.05, 3.63) is 23.8 Å². The summed E-state index contributed by atoms with van der Waals surface area (Å²) in [6.45, 7) is 0.484. The third-order valence-electron chi connectivity index (χ3n) is 2.90. The number of sulfone groups is 1. The molecule has 1 saturated heterocycles. The summed E-state index contributed by atoms with van der Waals surface area (Å²) in [6.07, 6.45) is 0. The molecule has 0 aromatic heterocycles. The SMILES string of the molecule is O=C(O)c1ccc(O)cc1N1CCS(=O)(=O)CC1. The third-order valence-corrected chi connectivity index (χ3v) is 4.51. The van der Waals surface area contributed by atoms with Crippen LogP contribution in [0.15, 0.2) is 18.2 Å². The van der Waals surface area contributed by atoms with Crippen LogP contribution in [0.2, 0.25) is 0 Å². The summed E-state index contributed by atoms with van der Waals surface area (Å²) >= 11 is 0. The predicted octanol–water partition coefficient (Wildman–Crippen LogP) is 0.325. The zero-order valence-electron chi connectivity index (χ0n) is 9.54. The second-order valence-electron chi connectivity index (χ2n) is 4.15. The van der Waals surface area contributed by atoms with Crippen molar-refractivity contribution in [3.8, 4) is 5.75 Å². The molecule has 0 unspecified atom stereocenters. The fourth-order valence-corrected chi connectivity index (χ4v) is 3.12. The van der Waals surface area contributed by atoms with Crippen molar-refractivity contribution >= 4 is 21.5 Å². The second kappa shape index (κ2) is 4.49. The van der Waals surface area contributed by atoms with Crippen molar-refractivity contribution in [2.24, 2.45) is 0 Å². The molecule has 2 rings (SSSR count). The monoisotopic (exact) mass is 271 g/mol. The van der Waals surface area contributed by atoms with E-state index < -0.39 is 15.8 Å². The lowest BCUT2D eigenvalue weighted by Gasteiger charge is -2.29. The van der Waals surface area contributed by atoms with Crippen LogP contribution in [-0.2, 0) is 9.84 Å². The predicted molar refractivity (Wildman–Crippen MR) is 65.9 cm³/mol. The van der Waals surface area contributed by atoms with Gasteiger partial charge in [0, 0.05) is 19.2 Å². The molecule has 0 atom stereocenters. The number of carbonyl (C=O) groups is 1. The molecule has 0 saturated carbocycles. The van der Waals surface area contributed by atoms with E-state index in [1.54, 1.807) is 4.90 Å². The van der Waals surface area contributed by atoms with Gasteiger partial charge in [-0.25, -0.2) is 13.2 Å². The third kappa shape index (κ3) is 2.56. The summed E-state index contributed by atoms with van der Waals surface area (Å²) in [4.78, 5) is 12.7. The van der Waals surface area contributed by atoms with Gasteiger partial charge in [-0.15, -0.1) is 0 Å². The number of carboxylic acids is 1. The van der Waals surface area contributed by atoms with Crippen LogP contribution < -0.4 is 4.90 Å². The molecule has 1 aliphatic heterocycles. The molecule has 1 aromatic rings. The van der Waals surface area contributed by atoms with Gasteiger partial charge in [0.05, 0.1) is 22.8 Å². The minimum Gasteiger partial charge on any atom is -0.508 e. The number of aromatic hydroxyl groups is 1. The van der Waals surface area contributed by atoms with Crippen LogP contribution in [0.25, 0.3) is 0 Å².